The van der Waals surface area contributed by atoms with Crippen LogP contribution in [0.25, 0.3) is 10.9 Å². The summed E-state index contributed by atoms with van der Waals surface area (Å²) in [6.07, 6.45) is -0.804. The van der Waals surface area contributed by atoms with E-state index in [4.69, 9.17) is 5.73 Å². The highest BCUT2D eigenvalue weighted by atomic mass is 35.5. The molecule has 0 spiro atoms. The maximum atomic E-state index is 12.7. The molecular weight excluding hydrogens is 319 g/mol. The molecule has 1 aromatic heterocycles. The van der Waals surface area contributed by atoms with E-state index >= 15 is 0 Å². The molecule has 0 radical (unpaired) electrons. The summed E-state index contributed by atoms with van der Waals surface area (Å²) in [6.45, 7) is 0. The molecule has 8 heteroatoms. The van der Waals surface area contributed by atoms with Gasteiger partial charge in [-0.05, 0) is 37.5 Å². The third-order valence-corrected chi connectivity index (χ3v) is 3.95. The quantitative estimate of drug-likeness (QED) is 0.873. The maximum Gasteiger partial charge on any atom is 0.416 e. The molecule has 22 heavy (non-hydrogen) atoms. The van der Waals surface area contributed by atoms with Crippen molar-refractivity contribution in [2.45, 2.75) is 37.5 Å². The van der Waals surface area contributed by atoms with Gasteiger partial charge in [0.05, 0.1) is 22.8 Å². The average Bonchev–Trinajstić information content (AvgIpc) is 2.84. The Morgan fingerprint density at radius 2 is 2.00 bits per heavy atom. The fraction of sp³-hybridized carbons (Fsp3) is 0.429. The second kappa shape index (κ2) is 5.89. The summed E-state index contributed by atoms with van der Waals surface area (Å²) in [7, 11) is 0. The van der Waals surface area contributed by atoms with E-state index in [0.29, 0.717) is 6.42 Å². The minimum Gasteiger partial charge on any atom is -0.328 e. The lowest BCUT2D eigenvalue weighted by Crippen LogP contribution is -2.25. The number of rotatable bonds is 1. The number of nitrogens with zero attached hydrogens (tertiary/aromatic N) is 2. The highest BCUT2D eigenvalue weighted by molar-refractivity contribution is 5.85. The molecule has 120 valence electrons. The van der Waals surface area contributed by atoms with Crippen LogP contribution in [0.3, 0.4) is 0 Å². The SMILES string of the molecule is Cl.N[C@@H]1CC[C@@H](n2cnc3cc(C(F)(F)F)ccc3c2=O)C1. The van der Waals surface area contributed by atoms with Crippen molar-refractivity contribution in [2.24, 2.45) is 5.73 Å². The van der Waals surface area contributed by atoms with Crippen molar-refractivity contribution < 1.29 is 13.2 Å². The molecule has 1 aromatic carbocycles. The molecule has 2 N–H and O–H groups in total. The molecule has 1 saturated carbocycles. The highest BCUT2D eigenvalue weighted by Gasteiger charge is 2.31. The fourth-order valence-electron chi connectivity index (χ4n) is 2.82. The predicted molar refractivity (Wildman–Crippen MR) is 79.1 cm³/mol. The molecule has 0 bridgehead atoms. The van der Waals surface area contributed by atoms with Crippen LogP contribution in [0.2, 0.25) is 0 Å². The van der Waals surface area contributed by atoms with Crippen LogP contribution in [-0.4, -0.2) is 15.6 Å². The van der Waals surface area contributed by atoms with Gasteiger partial charge in [-0.2, -0.15) is 13.2 Å². The molecule has 0 unspecified atom stereocenters. The zero-order valence-electron chi connectivity index (χ0n) is 11.5. The molecule has 1 fully saturated rings. The topological polar surface area (TPSA) is 60.9 Å². The molecule has 0 amide bonds. The number of benzene rings is 1. The first-order valence-corrected chi connectivity index (χ1v) is 6.70. The van der Waals surface area contributed by atoms with Crippen LogP contribution in [-0.2, 0) is 6.18 Å². The van der Waals surface area contributed by atoms with Crippen molar-refractivity contribution >= 4 is 23.3 Å². The van der Waals surface area contributed by atoms with Crippen LogP contribution in [0.4, 0.5) is 13.2 Å². The standard InChI is InChI=1S/C14H14F3N3O.ClH/c15-14(16,17)8-1-4-11-12(5-8)19-7-20(13(11)21)10-3-2-9(18)6-10;/h1,4-5,7,9-10H,2-3,6,18H2;1H/t9-,10-;/m1./s1. The molecule has 1 aliphatic rings. The minimum absolute atomic E-state index is 0. The highest BCUT2D eigenvalue weighted by Crippen LogP contribution is 2.31. The summed E-state index contributed by atoms with van der Waals surface area (Å²) in [5.41, 5.74) is 4.78. The van der Waals surface area contributed by atoms with Gasteiger partial charge < -0.3 is 5.73 Å². The van der Waals surface area contributed by atoms with E-state index in [1.165, 1.54) is 17.0 Å². The second-order valence-corrected chi connectivity index (χ2v) is 5.41. The van der Waals surface area contributed by atoms with Gasteiger partial charge in [0.1, 0.15) is 0 Å². The smallest absolute Gasteiger partial charge is 0.328 e. The lowest BCUT2D eigenvalue weighted by molar-refractivity contribution is -0.137. The molecule has 1 heterocycles. The Balaban J connectivity index is 0.00000176. The third kappa shape index (κ3) is 2.96. The summed E-state index contributed by atoms with van der Waals surface area (Å²) < 4.78 is 39.5. The average molecular weight is 334 g/mol. The van der Waals surface area contributed by atoms with Crippen LogP contribution in [0.15, 0.2) is 29.3 Å². The summed E-state index contributed by atoms with van der Waals surface area (Å²) in [5.74, 6) is 0. The number of fused-ring (bicyclic) bond motifs is 1. The number of hydrogen-bond donors (Lipinski definition) is 1. The van der Waals surface area contributed by atoms with E-state index in [1.807, 2.05) is 0 Å². The van der Waals surface area contributed by atoms with Crippen molar-refractivity contribution in [1.82, 2.24) is 9.55 Å². The Bertz CT molecular complexity index is 744. The van der Waals surface area contributed by atoms with Crippen molar-refractivity contribution in [3.8, 4) is 0 Å². The maximum absolute atomic E-state index is 12.7. The second-order valence-electron chi connectivity index (χ2n) is 5.41. The molecule has 4 nitrogen and oxygen atoms in total. The van der Waals surface area contributed by atoms with Crippen LogP contribution >= 0.6 is 12.4 Å². The Labute approximate surface area is 130 Å². The first kappa shape index (κ1) is 16.8. The van der Waals surface area contributed by atoms with E-state index < -0.39 is 11.7 Å². The summed E-state index contributed by atoms with van der Waals surface area (Å²) in [6, 6.07) is 3.05. The predicted octanol–water partition coefficient (Wildman–Crippen LogP) is 2.89. The molecule has 2 aromatic rings. The van der Waals surface area contributed by atoms with Gasteiger partial charge in [0.15, 0.2) is 0 Å². The van der Waals surface area contributed by atoms with Gasteiger partial charge in [-0.25, -0.2) is 4.98 Å². The van der Waals surface area contributed by atoms with Crippen molar-refractivity contribution in [3.63, 3.8) is 0 Å². The molecule has 0 aliphatic heterocycles. The third-order valence-electron chi connectivity index (χ3n) is 3.95. The van der Waals surface area contributed by atoms with Gasteiger partial charge in [0.25, 0.3) is 5.56 Å². The summed E-state index contributed by atoms with van der Waals surface area (Å²) in [5, 5.41) is 0.200. The first-order chi connectivity index (χ1) is 9.86. The Kier molecular flexibility index (Phi) is 4.49. The van der Waals surface area contributed by atoms with Crippen LogP contribution in [0.1, 0.15) is 30.9 Å². The summed E-state index contributed by atoms with van der Waals surface area (Å²) in [4.78, 5) is 16.4. The minimum atomic E-state index is -4.44. The molecular formula is C14H15ClF3N3O. The van der Waals surface area contributed by atoms with Crippen LogP contribution < -0.4 is 11.3 Å². The van der Waals surface area contributed by atoms with Gasteiger partial charge in [-0.15, -0.1) is 12.4 Å². The lowest BCUT2D eigenvalue weighted by Gasteiger charge is -2.14. The zero-order chi connectivity index (χ0) is 15.2. The van der Waals surface area contributed by atoms with E-state index in [9.17, 15) is 18.0 Å². The van der Waals surface area contributed by atoms with E-state index in [0.717, 1.165) is 25.0 Å². The zero-order valence-corrected chi connectivity index (χ0v) is 12.3. The molecule has 2 atom stereocenters. The fourth-order valence-corrected chi connectivity index (χ4v) is 2.82. The number of alkyl halides is 3. The van der Waals surface area contributed by atoms with Gasteiger partial charge in [-0.1, -0.05) is 0 Å². The molecule has 1 aliphatic carbocycles. The number of aromatic nitrogens is 2. The number of hydrogen-bond acceptors (Lipinski definition) is 3. The monoisotopic (exact) mass is 333 g/mol. The Morgan fingerprint density at radius 3 is 2.59 bits per heavy atom. The van der Waals surface area contributed by atoms with Crippen molar-refractivity contribution in [3.05, 3.63) is 40.4 Å². The van der Waals surface area contributed by atoms with Crippen LogP contribution in [0.5, 0.6) is 0 Å². The number of halogens is 4. The van der Waals surface area contributed by atoms with Crippen molar-refractivity contribution in [1.29, 1.82) is 0 Å². The van der Waals surface area contributed by atoms with E-state index in [2.05, 4.69) is 4.98 Å². The van der Waals surface area contributed by atoms with E-state index in [1.54, 1.807) is 0 Å². The van der Waals surface area contributed by atoms with E-state index in [-0.39, 0.29) is 41.0 Å². The van der Waals surface area contributed by atoms with Gasteiger partial charge >= 0.3 is 6.18 Å². The van der Waals surface area contributed by atoms with Crippen LogP contribution in [0, 0.1) is 0 Å². The molecule has 3 rings (SSSR count). The number of nitrogens with two attached hydrogens (primary N) is 1. The normalized spacial score (nSPS) is 21.8. The van der Waals surface area contributed by atoms with Gasteiger partial charge in [0.2, 0.25) is 0 Å². The Morgan fingerprint density at radius 1 is 1.27 bits per heavy atom. The molecule has 0 saturated heterocycles. The van der Waals surface area contributed by atoms with Crippen molar-refractivity contribution in [2.75, 3.05) is 0 Å². The summed E-state index contributed by atoms with van der Waals surface area (Å²) >= 11 is 0. The largest absolute Gasteiger partial charge is 0.416 e. The Hall–Kier alpha value is -1.60. The lowest BCUT2D eigenvalue weighted by atomic mass is 10.1. The first-order valence-electron chi connectivity index (χ1n) is 6.70. The van der Waals surface area contributed by atoms with Gasteiger partial charge in [0, 0.05) is 12.1 Å². The van der Waals surface area contributed by atoms with Gasteiger partial charge in [-0.3, -0.25) is 9.36 Å².